The van der Waals surface area contributed by atoms with Gasteiger partial charge in [0.05, 0.1) is 0 Å². The fourth-order valence-electron chi connectivity index (χ4n) is 2.10. The van der Waals surface area contributed by atoms with E-state index < -0.39 is 0 Å². The van der Waals surface area contributed by atoms with E-state index in [1.807, 2.05) is 24.5 Å². The second-order valence-electron chi connectivity index (χ2n) is 4.35. The van der Waals surface area contributed by atoms with Gasteiger partial charge in [0.2, 0.25) is 0 Å². The van der Waals surface area contributed by atoms with E-state index in [9.17, 15) is 0 Å². The van der Waals surface area contributed by atoms with Crippen molar-refractivity contribution in [3.05, 3.63) is 58.3 Å². The van der Waals surface area contributed by atoms with Gasteiger partial charge in [0, 0.05) is 42.2 Å². The van der Waals surface area contributed by atoms with Crippen LogP contribution in [-0.4, -0.2) is 11.5 Å². The summed E-state index contributed by atoms with van der Waals surface area (Å²) in [5.74, 6) is 0. The molecule has 0 amide bonds. The molecule has 0 atom stereocenters. The summed E-state index contributed by atoms with van der Waals surface area (Å²) in [7, 11) is 0. The van der Waals surface area contributed by atoms with E-state index in [0.717, 1.165) is 23.1 Å². The molecule has 3 nitrogen and oxygen atoms in total. The molecular formula is C15H18BrN3. The van der Waals surface area contributed by atoms with Gasteiger partial charge in [-0.15, -0.1) is 0 Å². The first-order chi connectivity index (χ1) is 9.24. The first-order valence-electron chi connectivity index (χ1n) is 6.37. The zero-order valence-electron chi connectivity index (χ0n) is 11.0. The molecule has 0 spiro atoms. The Morgan fingerprint density at radius 3 is 2.58 bits per heavy atom. The van der Waals surface area contributed by atoms with Crippen LogP contribution in [-0.2, 0) is 13.1 Å². The third-order valence-corrected chi connectivity index (χ3v) is 3.60. The quantitative estimate of drug-likeness (QED) is 0.919. The zero-order chi connectivity index (χ0) is 13.7. The lowest BCUT2D eigenvalue weighted by atomic mass is 10.1. The predicted octanol–water partition coefficient (Wildman–Crippen LogP) is 3.33. The number of nitrogens with two attached hydrogens (primary N) is 1. The summed E-state index contributed by atoms with van der Waals surface area (Å²) in [4.78, 5) is 6.38. The molecule has 0 fully saturated rings. The molecule has 4 heteroatoms. The SMILES string of the molecule is CCN(Cc1ccncc1)c1ccc(Br)cc1CN. The summed E-state index contributed by atoms with van der Waals surface area (Å²) < 4.78 is 1.07. The van der Waals surface area contributed by atoms with E-state index in [2.05, 4.69) is 50.9 Å². The Hall–Kier alpha value is -1.39. The van der Waals surface area contributed by atoms with Crippen molar-refractivity contribution in [2.24, 2.45) is 5.73 Å². The highest BCUT2D eigenvalue weighted by molar-refractivity contribution is 9.10. The van der Waals surface area contributed by atoms with E-state index in [4.69, 9.17) is 5.73 Å². The number of nitrogens with zero attached hydrogens (tertiary/aromatic N) is 2. The summed E-state index contributed by atoms with van der Waals surface area (Å²) in [5.41, 5.74) is 9.46. The Kier molecular flexibility index (Phi) is 4.93. The summed E-state index contributed by atoms with van der Waals surface area (Å²) in [6.07, 6.45) is 3.66. The van der Waals surface area contributed by atoms with Gasteiger partial charge in [-0.3, -0.25) is 4.98 Å². The van der Waals surface area contributed by atoms with Crippen LogP contribution in [0.3, 0.4) is 0 Å². The molecule has 1 aromatic carbocycles. The molecule has 0 bridgehead atoms. The molecule has 1 aromatic heterocycles. The van der Waals surface area contributed by atoms with Crippen LogP contribution in [0.1, 0.15) is 18.1 Å². The minimum atomic E-state index is 0.543. The highest BCUT2D eigenvalue weighted by atomic mass is 79.9. The average molecular weight is 320 g/mol. The molecule has 100 valence electrons. The van der Waals surface area contributed by atoms with Gasteiger partial charge >= 0.3 is 0 Å². The van der Waals surface area contributed by atoms with Crippen LogP contribution >= 0.6 is 15.9 Å². The minimum absolute atomic E-state index is 0.543. The van der Waals surface area contributed by atoms with Crippen LogP contribution in [0.4, 0.5) is 5.69 Å². The van der Waals surface area contributed by atoms with Crippen LogP contribution in [0.2, 0.25) is 0 Å². The van der Waals surface area contributed by atoms with Gasteiger partial charge in [0.1, 0.15) is 0 Å². The molecule has 2 N–H and O–H groups in total. The van der Waals surface area contributed by atoms with Crippen LogP contribution in [0, 0.1) is 0 Å². The Labute approximate surface area is 122 Å². The first-order valence-corrected chi connectivity index (χ1v) is 7.16. The van der Waals surface area contributed by atoms with E-state index in [0.29, 0.717) is 6.54 Å². The predicted molar refractivity (Wildman–Crippen MR) is 83.0 cm³/mol. The van der Waals surface area contributed by atoms with Crippen molar-refractivity contribution < 1.29 is 0 Å². The minimum Gasteiger partial charge on any atom is -0.367 e. The Bertz CT molecular complexity index is 528. The fourth-order valence-corrected chi connectivity index (χ4v) is 2.51. The topological polar surface area (TPSA) is 42.2 Å². The molecule has 2 aromatic rings. The molecule has 2 rings (SSSR count). The van der Waals surface area contributed by atoms with Crippen molar-refractivity contribution in [1.29, 1.82) is 0 Å². The van der Waals surface area contributed by atoms with Gasteiger partial charge in [0.25, 0.3) is 0 Å². The standard InChI is InChI=1S/C15H18BrN3/c1-2-19(11-12-5-7-18-8-6-12)15-4-3-14(16)9-13(15)10-17/h3-9H,2,10-11,17H2,1H3. The van der Waals surface area contributed by atoms with E-state index in [-0.39, 0.29) is 0 Å². The zero-order valence-corrected chi connectivity index (χ0v) is 12.6. The van der Waals surface area contributed by atoms with Crippen molar-refractivity contribution in [2.75, 3.05) is 11.4 Å². The maximum atomic E-state index is 5.85. The first kappa shape index (κ1) is 14.0. The van der Waals surface area contributed by atoms with Crippen LogP contribution in [0.15, 0.2) is 47.2 Å². The second-order valence-corrected chi connectivity index (χ2v) is 5.26. The molecule has 0 aliphatic carbocycles. The normalized spacial score (nSPS) is 10.5. The molecule has 0 aliphatic heterocycles. The lowest BCUT2D eigenvalue weighted by Crippen LogP contribution is -2.23. The number of aromatic nitrogens is 1. The largest absolute Gasteiger partial charge is 0.367 e. The molecule has 1 heterocycles. The van der Waals surface area contributed by atoms with Gasteiger partial charge in [-0.2, -0.15) is 0 Å². The molecule has 0 saturated carbocycles. The van der Waals surface area contributed by atoms with Gasteiger partial charge in [0.15, 0.2) is 0 Å². The number of halogens is 1. The van der Waals surface area contributed by atoms with Crippen molar-refractivity contribution in [2.45, 2.75) is 20.0 Å². The monoisotopic (exact) mass is 319 g/mol. The Balaban J connectivity index is 2.27. The number of benzene rings is 1. The maximum absolute atomic E-state index is 5.85. The third-order valence-electron chi connectivity index (χ3n) is 3.11. The van der Waals surface area contributed by atoms with E-state index in [1.54, 1.807) is 0 Å². The van der Waals surface area contributed by atoms with Crippen LogP contribution in [0.5, 0.6) is 0 Å². The summed E-state index contributed by atoms with van der Waals surface area (Å²) in [5, 5.41) is 0. The number of hydrogen-bond donors (Lipinski definition) is 1. The lowest BCUT2D eigenvalue weighted by Gasteiger charge is -2.25. The third kappa shape index (κ3) is 3.55. The van der Waals surface area contributed by atoms with E-state index >= 15 is 0 Å². The molecule has 0 aliphatic rings. The highest BCUT2D eigenvalue weighted by Crippen LogP contribution is 2.25. The summed E-state index contributed by atoms with van der Waals surface area (Å²) >= 11 is 3.49. The number of pyridine rings is 1. The number of anilines is 1. The second kappa shape index (κ2) is 6.68. The van der Waals surface area contributed by atoms with Crippen LogP contribution < -0.4 is 10.6 Å². The fraction of sp³-hybridized carbons (Fsp3) is 0.267. The van der Waals surface area contributed by atoms with Gasteiger partial charge in [-0.1, -0.05) is 15.9 Å². The summed E-state index contributed by atoms with van der Waals surface area (Å²) in [6, 6.07) is 10.4. The van der Waals surface area contributed by atoms with Crippen LogP contribution in [0.25, 0.3) is 0 Å². The Morgan fingerprint density at radius 2 is 1.95 bits per heavy atom. The van der Waals surface area contributed by atoms with Gasteiger partial charge in [-0.05, 0) is 48.4 Å². The molecular weight excluding hydrogens is 302 g/mol. The van der Waals surface area contributed by atoms with E-state index in [1.165, 1.54) is 11.3 Å². The maximum Gasteiger partial charge on any atom is 0.0430 e. The number of rotatable bonds is 5. The van der Waals surface area contributed by atoms with Crippen molar-refractivity contribution in [3.8, 4) is 0 Å². The van der Waals surface area contributed by atoms with Gasteiger partial charge < -0.3 is 10.6 Å². The smallest absolute Gasteiger partial charge is 0.0430 e. The van der Waals surface area contributed by atoms with Crippen molar-refractivity contribution >= 4 is 21.6 Å². The molecule has 0 radical (unpaired) electrons. The highest BCUT2D eigenvalue weighted by Gasteiger charge is 2.10. The summed E-state index contributed by atoms with van der Waals surface area (Å²) in [6.45, 7) is 4.51. The van der Waals surface area contributed by atoms with Gasteiger partial charge in [-0.25, -0.2) is 0 Å². The molecule has 19 heavy (non-hydrogen) atoms. The lowest BCUT2D eigenvalue weighted by molar-refractivity contribution is 0.820. The molecule has 0 unspecified atom stereocenters. The number of hydrogen-bond acceptors (Lipinski definition) is 3. The Morgan fingerprint density at radius 1 is 1.21 bits per heavy atom. The average Bonchev–Trinajstić information content (AvgIpc) is 2.46. The molecule has 0 saturated heterocycles. The van der Waals surface area contributed by atoms with Crippen molar-refractivity contribution in [3.63, 3.8) is 0 Å². The van der Waals surface area contributed by atoms with Crippen molar-refractivity contribution in [1.82, 2.24) is 4.98 Å².